The van der Waals surface area contributed by atoms with Crippen molar-refractivity contribution in [2.75, 3.05) is 0 Å². The molecule has 122 valence electrons. The van der Waals surface area contributed by atoms with E-state index in [-0.39, 0.29) is 0 Å². The Morgan fingerprint density at radius 3 is 2.36 bits per heavy atom. The molecule has 3 aromatic carbocycles. The molecule has 0 atom stereocenters. The topological polar surface area (TPSA) is 25.5 Å². The van der Waals surface area contributed by atoms with Crippen molar-refractivity contribution < 1.29 is 4.42 Å². The van der Waals surface area contributed by atoms with Gasteiger partial charge in [0.15, 0.2) is 0 Å². The number of fused-ring (bicyclic) bond motifs is 1. The van der Waals surface area contributed by atoms with Crippen molar-refractivity contribution in [2.45, 2.75) is 6.92 Å². The minimum Gasteiger partial charge on any atom is -0.456 e. The van der Waals surface area contributed by atoms with Crippen LogP contribution in [-0.4, -0.2) is 0 Å². The minimum absolute atomic E-state index is 0.703. The third kappa shape index (κ3) is 3.35. The molecule has 0 saturated carbocycles. The van der Waals surface area contributed by atoms with Gasteiger partial charge in [0.1, 0.15) is 11.3 Å². The van der Waals surface area contributed by atoms with E-state index in [1.807, 2.05) is 72.8 Å². The number of aryl methyl sites for hydroxylation is 1. The lowest BCUT2D eigenvalue weighted by molar-refractivity contribution is 0.618. The predicted molar refractivity (Wildman–Crippen MR) is 103 cm³/mol. The molecule has 0 N–H and O–H groups in total. The van der Waals surface area contributed by atoms with Gasteiger partial charge in [-0.05, 0) is 55.5 Å². The van der Waals surface area contributed by atoms with Gasteiger partial charge >= 0.3 is 0 Å². The number of halogens is 1. The van der Waals surface area contributed by atoms with E-state index in [0.717, 1.165) is 33.3 Å². The molecule has 0 radical (unpaired) electrons. The van der Waals surface area contributed by atoms with Crippen LogP contribution in [0.1, 0.15) is 5.56 Å². The van der Waals surface area contributed by atoms with Gasteiger partial charge in [0.05, 0.1) is 11.0 Å². The predicted octanol–water partition coefficient (Wildman–Crippen LogP) is 6.29. The van der Waals surface area contributed by atoms with E-state index < -0.39 is 0 Å². The Kier molecular flexibility index (Phi) is 4.12. The summed E-state index contributed by atoms with van der Waals surface area (Å²) < 4.78 is 6.12. The highest BCUT2D eigenvalue weighted by atomic mass is 35.5. The largest absolute Gasteiger partial charge is 0.456 e. The quantitative estimate of drug-likeness (QED) is 0.419. The highest BCUT2D eigenvalue weighted by Gasteiger charge is 2.06. The average molecular weight is 346 g/mol. The average Bonchev–Trinajstić information content (AvgIpc) is 2.63. The Labute approximate surface area is 151 Å². The molecule has 3 heteroatoms. The van der Waals surface area contributed by atoms with Crippen LogP contribution in [0.3, 0.4) is 0 Å². The lowest BCUT2D eigenvalue weighted by atomic mass is 10.1. The molecule has 1 aromatic heterocycles. The number of benzene rings is 3. The molecule has 1 heterocycles. The first-order valence-corrected chi connectivity index (χ1v) is 8.47. The zero-order valence-corrected chi connectivity index (χ0v) is 14.5. The molecule has 0 bridgehead atoms. The Hall–Kier alpha value is -2.84. The first-order chi connectivity index (χ1) is 12.2. The summed E-state index contributed by atoms with van der Waals surface area (Å²) in [5.41, 5.74) is 3.87. The van der Waals surface area contributed by atoms with Gasteiger partial charge in [-0.25, -0.2) is 4.99 Å². The maximum atomic E-state index is 6.12. The first kappa shape index (κ1) is 15.7. The van der Waals surface area contributed by atoms with Crippen LogP contribution < -0.4 is 5.36 Å². The van der Waals surface area contributed by atoms with Crippen molar-refractivity contribution in [3.63, 3.8) is 0 Å². The van der Waals surface area contributed by atoms with Gasteiger partial charge < -0.3 is 4.42 Å². The second-order valence-corrected chi connectivity index (χ2v) is 6.39. The summed E-state index contributed by atoms with van der Waals surface area (Å²) in [5, 5.41) is 2.59. The fourth-order valence-corrected chi connectivity index (χ4v) is 2.90. The van der Waals surface area contributed by atoms with Crippen molar-refractivity contribution in [3.05, 3.63) is 94.8 Å². The third-order valence-corrected chi connectivity index (χ3v) is 4.29. The third-order valence-electron chi connectivity index (χ3n) is 4.03. The zero-order chi connectivity index (χ0) is 17.2. The summed E-state index contributed by atoms with van der Waals surface area (Å²) in [5.74, 6) is 0.766. The van der Waals surface area contributed by atoms with Crippen LogP contribution >= 0.6 is 11.6 Å². The fraction of sp³-hybridized carbons (Fsp3) is 0.0455. The molecule has 4 aromatic rings. The van der Waals surface area contributed by atoms with Crippen LogP contribution in [0.2, 0.25) is 5.02 Å². The Morgan fingerprint density at radius 1 is 0.840 bits per heavy atom. The van der Waals surface area contributed by atoms with Crippen LogP contribution in [0.25, 0.3) is 22.3 Å². The summed E-state index contributed by atoms with van der Waals surface area (Å²) in [4.78, 5) is 4.83. The number of rotatable bonds is 2. The molecule has 0 saturated heterocycles. The maximum absolute atomic E-state index is 6.12. The normalized spacial score (nSPS) is 11.8. The lowest BCUT2D eigenvalue weighted by Gasteiger charge is -2.06. The smallest absolute Gasteiger partial charge is 0.136 e. The second kappa shape index (κ2) is 6.58. The number of hydrogen-bond acceptors (Lipinski definition) is 2. The molecular weight excluding hydrogens is 330 g/mol. The number of para-hydroxylation sites is 1. The number of nitrogens with zero attached hydrogens (tertiary/aromatic N) is 1. The lowest BCUT2D eigenvalue weighted by Crippen LogP contribution is -2.03. The van der Waals surface area contributed by atoms with Crippen LogP contribution in [0, 0.1) is 6.92 Å². The molecule has 0 amide bonds. The van der Waals surface area contributed by atoms with Crippen molar-refractivity contribution in [2.24, 2.45) is 4.99 Å². The van der Waals surface area contributed by atoms with Crippen LogP contribution in [-0.2, 0) is 0 Å². The van der Waals surface area contributed by atoms with E-state index in [4.69, 9.17) is 21.0 Å². The summed E-state index contributed by atoms with van der Waals surface area (Å²) in [6, 6.07) is 25.7. The van der Waals surface area contributed by atoms with E-state index in [2.05, 4.69) is 13.0 Å². The van der Waals surface area contributed by atoms with Crippen molar-refractivity contribution in [1.29, 1.82) is 0 Å². The summed E-state index contributed by atoms with van der Waals surface area (Å²) in [7, 11) is 0. The van der Waals surface area contributed by atoms with Crippen LogP contribution in [0.5, 0.6) is 0 Å². The highest BCUT2D eigenvalue weighted by molar-refractivity contribution is 6.30. The molecule has 4 rings (SSSR count). The van der Waals surface area contributed by atoms with Gasteiger partial charge in [-0.15, -0.1) is 0 Å². The Morgan fingerprint density at radius 2 is 1.60 bits per heavy atom. The zero-order valence-electron chi connectivity index (χ0n) is 13.7. The summed E-state index contributed by atoms with van der Waals surface area (Å²) in [6.45, 7) is 2.07. The number of hydrogen-bond donors (Lipinski definition) is 0. The van der Waals surface area contributed by atoms with E-state index in [9.17, 15) is 0 Å². The maximum Gasteiger partial charge on any atom is 0.136 e. The standard InChI is InChI=1S/C22H16ClNO/c1-15-7-12-21-19(13-15)20(24-18-5-3-2-4-6-18)14-22(25-21)16-8-10-17(23)11-9-16/h2-14H,1H3. The van der Waals surface area contributed by atoms with Crippen molar-refractivity contribution >= 4 is 28.3 Å². The van der Waals surface area contributed by atoms with Crippen LogP contribution in [0.15, 0.2) is 88.3 Å². The highest BCUT2D eigenvalue weighted by Crippen LogP contribution is 2.24. The summed E-state index contributed by atoms with van der Waals surface area (Å²) in [6.07, 6.45) is 0. The van der Waals surface area contributed by atoms with E-state index in [1.165, 1.54) is 5.56 Å². The van der Waals surface area contributed by atoms with Crippen LogP contribution in [0.4, 0.5) is 5.69 Å². The molecule has 2 nitrogen and oxygen atoms in total. The molecule has 0 unspecified atom stereocenters. The van der Waals surface area contributed by atoms with Gasteiger partial charge in [-0.1, -0.05) is 41.4 Å². The van der Waals surface area contributed by atoms with Gasteiger partial charge in [-0.3, -0.25) is 0 Å². The molecule has 25 heavy (non-hydrogen) atoms. The Balaban J connectivity index is 2.00. The molecule has 0 spiro atoms. The Bertz CT molecular complexity index is 1100. The van der Waals surface area contributed by atoms with Crippen molar-refractivity contribution in [1.82, 2.24) is 0 Å². The molecule has 0 aliphatic rings. The van der Waals surface area contributed by atoms with Gasteiger partial charge in [0, 0.05) is 22.0 Å². The second-order valence-electron chi connectivity index (χ2n) is 5.95. The first-order valence-electron chi connectivity index (χ1n) is 8.09. The molecule has 0 fully saturated rings. The molecule has 0 aliphatic carbocycles. The van der Waals surface area contributed by atoms with Gasteiger partial charge in [0.2, 0.25) is 0 Å². The SMILES string of the molecule is Cc1ccc2oc(-c3ccc(Cl)cc3)cc(=Nc3ccccc3)c2c1. The van der Waals surface area contributed by atoms with E-state index in [0.29, 0.717) is 5.02 Å². The fourth-order valence-electron chi connectivity index (χ4n) is 2.77. The molecule has 0 aliphatic heterocycles. The monoisotopic (exact) mass is 345 g/mol. The van der Waals surface area contributed by atoms with Gasteiger partial charge in [0.25, 0.3) is 0 Å². The van der Waals surface area contributed by atoms with E-state index in [1.54, 1.807) is 0 Å². The van der Waals surface area contributed by atoms with Gasteiger partial charge in [-0.2, -0.15) is 0 Å². The minimum atomic E-state index is 0.703. The summed E-state index contributed by atoms with van der Waals surface area (Å²) >= 11 is 6.00. The molecular formula is C22H16ClNO. The van der Waals surface area contributed by atoms with E-state index >= 15 is 0 Å². The van der Waals surface area contributed by atoms with Crippen molar-refractivity contribution in [3.8, 4) is 11.3 Å².